The maximum Gasteiger partial charge on any atom is 0.238 e. The van der Waals surface area contributed by atoms with Crippen LogP contribution in [0.15, 0.2) is 18.3 Å². The molecule has 1 aromatic carbocycles. The number of nitrogens with zero attached hydrogens (tertiary/aromatic N) is 4. The van der Waals surface area contributed by atoms with Crippen LogP contribution in [0.2, 0.25) is 0 Å². The zero-order chi connectivity index (χ0) is 27.2. The highest BCUT2D eigenvalue weighted by molar-refractivity contribution is 8.01. The molecule has 7 atom stereocenters. The highest BCUT2D eigenvalue weighted by Crippen LogP contribution is 2.40. The van der Waals surface area contributed by atoms with Gasteiger partial charge in [0.25, 0.3) is 0 Å². The van der Waals surface area contributed by atoms with Gasteiger partial charge in [-0.15, -0.1) is 16.9 Å². The van der Waals surface area contributed by atoms with E-state index in [-0.39, 0.29) is 23.2 Å². The van der Waals surface area contributed by atoms with E-state index in [2.05, 4.69) is 10.3 Å². The van der Waals surface area contributed by atoms with Crippen molar-refractivity contribution >= 4 is 17.7 Å². The molecule has 1 amide bonds. The zero-order valence-corrected chi connectivity index (χ0v) is 21.1. The summed E-state index contributed by atoms with van der Waals surface area (Å²) >= 11 is 0.859. The summed E-state index contributed by atoms with van der Waals surface area (Å²) in [6.45, 7) is 4.70. The van der Waals surface area contributed by atoms with Gasteiger partial charge in [0.1, 0.15) is 40.7 Å². The minimum atomic E-state index is -1.64. The Morgan fingerprint density at radius 1 is 1.24 bits per heavy atom. The molecule has 3 heterocycles. The lowest BCUT2D eigenvalue weighted by molar-refractivity contribution is -0.179. The van der Waals surface area contributed by atoms with E-state index in [1.807, 2.05) is 6.92 Å². The van der Waals surface area contributed by atoms with Crippen LogP contribution < -0.4 is 0 Å². The van der Waals surface area contributed by atoms with Gasteiger partial charge in [0.05, 0.1) is 18.4 Å². The Hall–Kier alpha value is -2.23. The van der Waals surface area contributed by atoms with Crippen molar-refractivity contribution in [3.8, 4) is 11.3 Å². The normalized spacial score (nSPS) is 29.2. The van der Waals surface area contributed by atoms with E-state index in [0.29, 0.717) is 6.54 Å². The number of benzene rings is 1. The van der Waals surface area contributed by atoms with Crippen LogP contribution >= 0.6 is 11.8 Å². The molecule has 37 heavy (non-hydrogen) atoms. The number of aliphatic hydroxyl groups is 4. The molecule has 1 aromatic heterocycles. The smallest absolute Gasteiger partial charge is 0.238 e. The van der Waals surface area contributed by atoms with Crippen molar-refractivity contribution in [3.05, 3.63) is 35.8 Å². The van der Waals surface area contributed by atoms with Crippen LogP contribution in [0.1, 0.15) is 33.2 Å². The van der Waals surface area contributed by atoms with Crippen molar-refractivity contribution in [2.24, 2.45) is 0 Å². The summed E-state index contributed by atoms with van der Waals surface area (Å²) in [5, 5.41) is 49.2. The standard InChI is InChI=1S/C23H29F3N4O6S/c1-10-4-5-29(10)21(34)20(23(2,3)35)37-22-19(33)17(18(32)15(9-31)36-22)30-8-14(27-28-30)11-6-12(24)16(26)13(25)7-11/h6-8,10,15,17-20,22,31-33,35H,4-5,9H2,1-3H3/t10-,15+,17-,18-,19+,20+,22-/m0/s1. The number of halogens is 3. The molecule has 0 aliphatic carbocycles. The van der Waals surface area contributed by atoms with Gasteiger partial charge in [0.2, 0.25) is 5.91 Å². The number of carbonyl (C=O) groups excluding carboxylic acids is 1. The molecule has 0 saturated carbocycles. The Kier molecular flexibility index (Phi) is 7.89. The van der Waals surface area contributed by atoms with Crippen LogP contribution in [0.3, 0.4) is 0 Å². The summed E-state index contributed by atoms with van der Waals surface area (Å²) in [5.41, 5.74) is -2.88. The minimum absolute atomic E-state index is 0.00427. The predicted molar refractivity (Wildman–Crippen MR) is 126 cm³/mol. The molecule has 2 aliphatic heterocycles. The summed E-state index contributed by atoms with van der Waals surface area (Å²) < 4.78 is 47.5. The summed E-state index contributed by atoms with van der Waals surface area (Å²) in [7, 11) is 0. The molecule has 204 valence electrons. The molecule has 4 rings (SSSR count). The highest BCUT2D eigenvalue weighted by Gasteiger charge is 2.50. The first-order valence-electron chi connectivity index (χ1n) is 11.7. The van der Waals surface area contributed by atoms with E-state index in [9.17, 15) is 38.4 Å². The zero-order valence-electron chi connectivity index (χ0n) is 20.3. The number of thioether (sulfide) groups is 1. The lowest BCUT2D eigenvalue weighted by atomic mass is 9.97. The van der Waals surface area contributed by atoms with Crippen LogP contribution in [0.4, 0.5) is 13.2 Å². The van der Waals surface area contributed by atoms with Crippen LogP contribution in [0, 0.1) is 17.5 Å². The van der Waals surface area contributed by atoms with Crippen molar-refractivity contribution in [1.82, 2.24) is 19.9 Å². The van der Waals surface area contributed by atoms with Crippen LogP contribution in [-0.2, 0) is 9.53 Å². The maximum absolute atomic E-state index is 13.7. The number of hydrogen-bond acceptors (Lipinski definition) is 9. The third-order valence-electron chi connectivity index (χ3n) is 6.68. The number of rotatable bonds is 7. The molecule has 0 bridgehead atoms. The summed E-state index contributed by atoms with van der Waals surface area (Å²) in [6.07, 6.45) is -2.16. The van der Waals surface area contributed by atoms with Gasteiger partial charge in [-0.25, -0.2) is 17.9 Å². The van der Waals surface area contributed by atoms with E-state index in [1.54, 1.807) is 4.90 Å². The second kappa shape index (κ2) is 10.5. The summed E-state index contributed by atoms with van der Waals surface area (Å²) in [6, 6.07) is 0.217. The first kappa shape index (κ1) is 27.8. The Morgan fingerprint density at radius 3 is 2.41 bits per heavy atom. The molecular weight excluding hydrogens is 517 g/mol. The summed E-state index contributed by atoms with van der Waals surface area (Å²) in [4.78, 5) is 14.8. The minimum Gasteiger partial charge on any atom is -0.394 e. The van der Waals surface area contributed by atoms with Gasteiger partial charge < -0.3 is 30.1 Å². The average Bonchev–Trinajstić information content (AvgIpc) is 3.29. The molecule has 0 unspecified atom stereocenters. The molecule has 2 saturated heterocycles. The Bertz CT molecular complexity index is 1120. The number of likely N-dealkylation sites (tertiary alicyclic amines) is 1. The number of aromatic nitrogens is 3. The monoisotopic (exact) mass is 546 g/mol. The van der Waals surface area contributed by atoms with Crippen LogP contribution in [-0.4, -0.2) is 100 Å². The third-order valence-corrected chi connectivity index (χ3v) is 8.39. The molecular formula is C23H29F3N4O6S. The van der Waals surface area contributed by atoms with E-state index >= 15 is 0 Å². The van der Waals surface area contributed by atoms with Crippen molar-refractivity contribution in [1.29, 1.82) is 0 Å². The first-order chi connectivity index (χ1) is 17.3. The lowest BCUT2D eigenvalue weighted by Crippen LogP contribution is -2.59. The molecule has 2 aliphatic rings. The van der Waals surface area contributed by atoms with Gasteiger partial charge in [-0.1, -0.05) is 5.21 Å². The second-order valence-electron chi connectivity index (χ2n) is 9.87. The number of amides is 1. The van der Waals surface area contributed by atoms with Crippen LogP contribution in [0.5, 0.6) is 0 Å². The number of hydrogen-bond donors (Lipinski definition) is 4. The molecule has 10 nitrogen and oxygen atoms in total. The topological polar surface area (TPSA) is 141 Å². The highest BCUT2D eigenvalue weighted by atomic mass is 32.2. The largest absolute Gasteiger partial charge is 0.394 e. The first-order valence-corrected chi connectivity index (χ1v) is 12.6. The van der Waals surface area contributed by atoms with Gasteiger partial charge in [0.15, 0.2) is 17.5 Å². The maximum atomic E-state index is 13.7. The average molecular weight is 547 g/mol. The van der Waals surface area contributed by atoms with Crippen molar-refractivity contribution in [3.63, 3.8) is 0 Å². The summed E-state index contributed by atoms with van der Waals surface area (Å²) in [5.74, 6) is -4.82. The number of ether oxygens (including phenoxy) is 1. The second-order valence-corrected chi connectivity index (χ2v) is 11.1. The van der Waals surface area contributed by atoms with E-state index in [4.69, 9.17) is 4.74 Å². The third kappa shape index (κ3) is 5.36. The van der Waals surface area contributed by atoms with E-state index in [0.717, 1.165) is 35.0 Å². The van der Waals surface area contributed by atoms with Gasteiger partial charge >= 0.3 is 0 Å². The Labute approximate surface area is 215 Å². The Morgan fingerprint density at radius 2 is 1.89 bits per heavy atom. The predicted octanol–water partition coefficient (Wildman–Crippen LogP) is 0.836. The van der Waals surface area contributed by atoms with Gasteiger partial charge in [0, 0.05) is 18.2 Å². The molecule has 0 spiro atoms. The molecule has 2 fully saturated rings. The fourth-order valence-corrected chi connectivity index (χ4v) is 5.79. The van der Waals surface area contributed by atoms with Crippen molar-refractivity contribution < 1.29 is 43.1 Å². The quantitative estimate of drug-likeness (QED) is 0.372. The number of carbonyl (C=O) groups is 1. The molecule has 4 N–H and O–H groups in total. The van der Waals surface area contributed by atoms with E-state index < -0.39 is 64.7 Å². The van der Waals surface area contributed by atoms with Gasteiger partial charge in [-0.2, -0.15) is 0 Å². The van der Waals surface area contributed by atoms with Crippen molar-refractivity contribution in [2.45, 2.75) is 73.9 Å². The Balaban J connectivity index is 1.62. The molecule has 0 radical (unpaired) electrons. The van der Waals surface area contributed by atoms with Gasteiger partial charge in [-0.3, -0.25) is 4.79 Å². The van der Waals surface area contributed by atoms with Gasteiger partial charge in [-0.05, 0) is 39.3 Å². The SMILES string of the molecule is C[C@H]1CCN1C(=O)[C@@H](S[C@@H]1O[C@H](CO)[C@H](O)[C@H](n2cc(-c3cc(F)c(F)c(F)c3)nn2)[C@H]1O)C(C)(C)O. The fraction of sp³-hybridized carbons (Fsp3) is 0.609. The number of aliphatic hydroxyl groups excluding tert-OH is 3. The van der Waals surface area contributed by atoms with Crippen molar-refractivity contribution in [2.75, 3.05) is 13.2 Å². The van der Waals surface area contributed by atoms with E-state index in [1.165, 1.54) is 20.0 Å². The molecule has 2 aromatic rings. The van der Waals surface area contributed by atoms with Crippen LogP contribution in [0.25, 0.3) is 11.3 Å². The lowest BCUT2D eigenvalue weighted by Gasteiger charge is -2.46. The molecule has 14 heteroatoms. The fourth-order valence-electron chi connectivity index (χ4n) is 4.41.